The quantitative estimate of drug-likeness (QED) is 0.830. The van der Waals surface area contributed by atoms with Crippen molar-refractivity contribution >= 4 is 34.9 Å². The third kappa shape index (κ3) is 4.15. The van der Waals surface area contributed by atoms with Crippen LogP contribution in [-0.2, 0) is 13.0 Å². The Bertz CT molecular complexity index is 419. The van der Waals surface area contributed by atoms with Crippen LogP contribution < -0.4 is 5.32 Å². The molecule has 3 atom stereocenters. The molecule has 1 aliphatic rings. The van der Waals surface area contributed by atoms with E-state index in [0.29, 0.717) is 5.25 Å². The first-order chi connectivity index (χ1) is 9.65. The lowest BCUT2D eigenvalue weighted by atomic mass is 10.2. The van der Waals surface area contributed by atoms with Gasteiger partial charge in [-0.25, -0.2) is 4.98 Å². The average molecular weight is 331 g/mol. The van der Waals surface area contributed by atoms with E-state index in [1.165, 1.54) is 27.8 Å². The molecule has 20 heavy (non-hydrogen) atoms. The Balaban J connectivity index is 2.11. The van der Waals surface area contributed by atoms with Crippen LogP contribution in [0.3, 0.4) is 0 Å². The fourth-order valence-electron chi connectivity index (χ4n) is 2.26. The minimum atomic E-state index is 0.599. The van der Waals surface area contributed by atoms with E-state index in [1.54, 1.807) is 0 Å². The van der Waals surface area contributed by atoms with E-state index >= 15 is 0 Å². The third-order valence-corrected chi connectivity index (χ3v) is 8.40. The topological polar surface area (TPSA) is 24.9 Å². The first kappa shape index (κ1) is 16.7. The molecule has 2 nitrogen and oxygen atoms in total. The van der Waals surface area contributed by atoms with Gasteiger partial charge in [0.05, 0.1) is 10.9 Å². The van der Waals surface area contributed by atoms with Crippen molar-refractivity contribution in [2.75, 3.05) is 12.3 Å². The number of aryl methyl sites for hydroxylation is 1. The molecule has 2 rings (SSSR count). The van der Waals surface area contributed by atoms with Crippen LogP contribution in [-0.4, -0.2) is 27.8 Å². The summed E-state index contributed by atoms with van der Waals surface area (Å²) in [5, 5.41) is 6.91. The van der Waals surface area contributed by atoms with E-state index in [9.17, 15) is 0 Å². The van der Waals surface area contributed by atoms with E-state index in [1.807, 2.05) is 11.3 Å². The number of aromatic nitrogens is 1. The molecule has 1 N–H and O–H groups in total. The monoisotopic (exact) mass is 330 g/mol. The second-order valence-electron chi connectivity index (χ2n) is 5.32. The molecule has 1 aliphatic heterocycles. The summed E-state index contributed by atoms with van der Waals surface area (Å²) < 4.78 is 0. The number of hydrogen-bond donors (Lipinski definition) is 1. The number of nitrogens with one attached hydrogen (secondary N) is 1. The third-order valence-electron chi connectivity index (χ3n) is 3.64. The summed E-state index contributed by atoms with van der Waals surface area (Å²) in [4.78, 5) is 6.44. The zero-order valence-corrected chi connectivity index (χ0v) is 15.4. The Morgan fingerprint density at radius 3 is 2.70 bits per heavy atom. The van der Waals surface area contributed by atoms with Gasteiger partial charge in [-0.1, -0.05) is 34.1 Å². The van der Waals surface area contributed by atoms with E-state index in [-0.39, 0.29) is 0 Å². The molecular formula is C15H26N2S3. The van der Waals surface area contributed by atoms with Crippen LogP contribution in [0.2, 0.25) is 0 Å². The average Bonchev–Trinajstić information content (AvgIpc) is 2.83. The number of thioether (sulfide) groups is 2. The van der Waals surface area contributed by atoms with Crippen molar-refractivity contribution < 1.29 is 0 Å². The van der Waals surface area contributed by atoms with Gasteiger partial charge in [-0.15, -0.1) is 23.1 Å². The van der Waals surface area contributed by atoms with Crippen molar-refractivity contribution in [3.63, 3.8) is 0 Å². The summed E-state index contributed by atoms with van der Waals surface area (Å²) >= 11 is 6.17. The second kappa shape index (κ2) is 8.06. The molecule has 2 heterocycles. The molecule has 3 unspecified atom stereocenters. The Labute approximate surface area is 135 Å². The Morgan fingerprint density at radius 2 is 2.05 bits per heavy atom. The molecule has 0 radical (unpaired) electrons. The standard InChI is InChI=1S/C15H26N2S3/c1-5-7-12-13(8-16-6-2)20-15(17-12)14-9-18-10(3)11(4)19-14/h10-11,14,16H,5-9H2,1-4H3. The fourth-order valence-corrected chi connectivity index (χ4v) is 6.54. The molecule has 0 bridgehead atoms. The van der Waals surface area contributed by atoms with Crippen LogP contribution in [0.25, 0.3) is 0 Å². The van der Waals surface area contributed by atoms with Crippen LogP contribution in [0.15, 0.2) is 0 Å². The minimum absolute atomic E-state index is 0.599. The fraction of sp³-hybridized carbons (Fsp3) is 0.800. The highest BCUT2D eigenvalue weighted by molar-refractivity contribution is 8.07. The van der Waals surface area contributed by atoms with Gasteiger partial charge in [-0.3, -0.25) is 0 Å². The molecule has 0 amide bonds. The van der Waals surface area contributed by atoms with Gasteiger partial charge in [0.15, 0.2) is 0 Å². The molecular weight excluding hydrogens is 304 g/mol. The molecule has 1 fully saturated rings. The molecule has 1 aromatic rings. The maximum absolute atomic E-state index is 4.98. The summed E-state index contributed by atoms with van der Waals surface area (Å²) in [5.74, 6) is 1.22. The van der Waals surface area contributed by atoms with Crippen molar-refractivity contribution in [3.8, 4) is 0 Å². The maximum Gasteiger partial charge on any atom is 0.107 e. The predicted octanol–water partition coefficient (Wildman–Crippen LogP) is 4.50. The van der Waals surface area contributed by atoms with Crippen molar-refractivity contribution in [1.82, 2.24) is 10.3 Å². The lowest BCUT2D eigenvalue weighted by Crippen LogP contribution is -2.21. The highest BCUT2D eigenvalue weighted by atomic mass is 32.2. The molecule has 0 saturated carbocycles. The highest BCUT2D eigenvalue weighted by Gasteiger charge is 2.29. The summed E-state index contributed by atoms with van der Waals surface area (Å²) in [5.41, 5.74) is 1.34. The number of rotatable bonds is 6. The highest BCUT2D eigenvalue weighted by Crippen LogP contribution is 2.45. The van der Waals surface area contributed by atoms with Gasteiger partial charge in [0.25, 0.3) is 0 Å². The van der Waals surface area contributed by atoms with Crippen molar-refractivity contribution in [2.45, 2.75) is 62.8 Å². The lowest BCUT2D eigenvalue weighted by Gasteiger charge is -2.30. The molecule has 1 aromatic heterocycles. The minimum Gasteiger partial charge on any atom is -0.312 e. The van der Waals surface area contributed by atoms with Gasteiger partial charge < -0.3 is 5.32 Å². The van der Waals surface area contributed by atoms with Gasteiger partial charge in [-0.05, 0) is 13.0 Å². The summed E-state index contributed by atoms with van der Waals surface area (Å²) in [6.07, 6.45) is 2.30. The van der Waals surface area contributed by atoms with Crippen LogP contribution in [0.1, 0.15) is 54.9 Å². The molecule has 0 spiro atoms. The van der Waals surface area contributed by atoms with Gasteiger partial charge >= 0.3 is 0 Å². The molecule has 0 aliphatic carbocycles. The molecule has 0 aromatic carbocycles. The SMILES string of the molecule is CCCc1nc(C2CSC(C)C(C)S2)sc1CNCC. The second-order valence-corrected chi connectivity index (χ2v) is 9.43. The normalized spacial score (nSPS) is 26.9. The molecule has 114 valence electrons. The first-order valence-electron chi connectivity index (χ1n) is 7.61. The van der Waals surface area contributed by atoms with Crippen molar-refractivity contribution in [1.29, 1.82) is 0 Å². The zero-order valence-electron chi connectivity index (χ0n) is 12.9. The van der Waals surface area contributed by atoms with E-state index in [0.717, 1.165) is 30.0 Å². The van der Waals surface area contributed by atoms with E-state index in [2.05, 4.69) is 56.5 Å². The largest absolute Gasteiger partial charge is 0.312 e. The number of nitrogens with zero attached hydrogens (tertiary/aromatic N) is 1. The van der Waals surface area contributed by atoms with Crippen LogP contribution in [0.5, 0.6) is 0 Å². The summed E-state index contributed by atoms with van der Waals surface area (Å²) in [7, 11) is 0. The van der Waals surface area contributed by atoms with Gasteiger partial charge in [0, 0.05) is 27.7 Å². The number of hydrogen-bond acceptors (Lipinski definition) is 5. The first-order valence-corrected chi connectivity index (χ1v) is 10.4. The molecule has 5 heteroatoms. The maximum atomic E-state index is 4.98. The Morgan fingerprint density at radius 1 is 1.25 bits per heavy atom. The van der Waals surface area contributed by atoms with Gasteiger partial charge in [0.1, 0.15) is 5.01 Å². The Hall–Kier alpha value is 0.290. The zero-order chi connectivity index (χ0) is 14.5. The smallest absolute Gasteiger partial charge is 0.107 e. The predicted molar refractivity (Wildman–Crippen MR) is 95.2 cm³/mol. The number of thiazole rings is 1. The molecule has 1 saturated heterocycles. The Kier molecular flexibility index (Phi) is 6.72. The summed E-state index contributed by atoms with van der Waals surface area (Å²) in [6.45, 7) is 11.1. The van der Waals surface area contributed by atoms with Crippen LogP contribution in [0, 0.1) is 0 Å². The van der Waals surface area contributed by atoms with Crippen molar-refractivity contribution in [2.24, 2.45) is 0 Å². The van der Waals surface area contributed by atoms with Gasteiger partial charge in [-0.2, -0.15) is 11.8 Å². The van der Waals surface area contributed by atoms with Gasteiger partial charge in [0.2, 0.25) is 0 Å². The summed E-state index contributed by atoms with van der Waals surface area (Å²) in [6, 6.07) is 0. The van der Waals surface area contributed by atoms with Crippen molar-refractivity contribution in [3.05, 3.63) is 15.6 Å². The lowest BCUT2D eigenvalue weighted by molar-refractivity contribution is 0.722. The van der Waals surface area contributed by atoms with Crippen LogP contribution >= 0.6 is 34.9 Å². The van der Waals surface area contributed by atoms with E-state index in [4.69, 9.17) is 4.98 Å². The van der Waals surface area contributed by atoms with E-state index < -0.39 is 0 Å². The van der Waals surface area contributed by atoms with Crippen LogP contribution in [0.4, 0.5) is 0 Å².